The zero-order valence-corrected chi connectivity index (χ0v) is 9.00. The number of carbonyl (C=O) groups excluding carboxylic acids is 1. The minimum Gasteiger partial charge on any atom is -0.322 e. The third-order valence-electron chi connectivity index (χ3n) is 2.76. The molecule has 1 heterocycles. The predicted molar refractivity (Wildman–Crippen MR) is 60.7 cm³/mol. The van der Waals surface area contributed by atoms with Crippen molar-refractivity contribution in [1.29, 1.82) is 0 Å². The summed E-state index contributed by atoms with van der Waals surface area (Å²) in [7, 11) is 0. The zero-order chi connectivity index (χ0) is 11.4. The van der Waals surface area contributed by atoms with Crippen LogP contribution in [0.15, 0.2) is 24.3 Å². The van der Waals surface area contributed by atoms with Gasteiger partial charge in [-0.15, -0.1) is 0 Å². The molecule has 2 N–H and O–H groups in total. The monoisotopic (exact) mass is 222 g/mol. The van der Waals surface area contributed by atoms with Gasteiger partial charge in [-0.3, -0.25) is 4.79 Å². The Hall–Kier alpha value is -1.42. The van der Waals surface area contributed by atoms with E-state index in [4.69, 9.17) is 0 Å². The Morgan fingerprint density at radius 2 is 2.19 bits per heavy atom. The molecule has 1 fully saturated rings. The summed E-state index contributed by atoms with van der Waals surface area (Å²) >= 11 is 0. The maximum Gasteiger partial charge on any atom is 0.241 e. The van der Waals surface area contributed by atoms with Gasteiger partial charge in [0, 0.05) is 0 Å². The van der Waals surface area contributed by atoms with Crippen LogP contribution in [0.3, 0.4) is 0 Å². The molecular formula is C12H15FN2O. The van der Waals surface area contributed by atoms with E-state index in [1.807, 2.05) is 0 Å². The molecule has 0 aliphatic carbocycles. The van der Waals surface area contributed by atoms with Crippen molar-refractivity contribution in [3.8, 4) is 0 Å². The number of para-hydroxylation sites is 1. The highest BCUT2D eigenvalue weighted by Crippen LogP contribution is 2.14. The fourth-order valence-electron chi connectivity index (χ4n) is 1.86. The van der Waals surface area contributed by atoms with E-state index in [0.29, 0.717) is 0 Å². The number of carbonyl (C=O) groups is 1. The second kappa shape index (κ2) is 5.07. The highest BCUT2D eigenvalue weighted by Gasteiger charge is 2.20. The van der Waals surface area contributed by atoms with Crippen molar-refractivity contribution >= 4 is 11.6 Å². The molecule has 0 unspecified atom stereocenters. The summed E-state index contributed by atoms with van der Waals surface area (Å²) in [5.74, 6) is -0.545. The van der Waals surface area contributed by atoms with Gasteiger partial charge in [0.25, 0.3) is 0 Å². The van der Waals surface area contributed by atoms with Gasteiger partial charge in [-0.1, -0.05) is 18.6 Å². The molecule has 86 valence electrons. The third-order valence-corrected chi connectivity index (χ3v) is 2.76. The molecule has 1 aromatic rings. The number of halogens is 1. The number of hydrogen-bond acceptors (Lipinski definition) is 2. The van der Waals surface area contributed by atoms with Crippen LogP contribution in [0.5, 0.6) is 0 Å². The van der Waals surface area contributed by atoms with E-state index in [1.165, 1.54) is 6.07 Å². The smallest absolute Gasteiger partial charge is 0.241 e. The van der Waals surface area contributed by atoms with Gasteiger partial charge in [-0.05, 0) is 31.5 Å². The number of rotatable bonds is 2. The van der Waals surface area contributed by atoms with Crippen molar-refractivity contribution in [2.24, 2.45) is 0 Å². The van der Waals surface area contributed by atoms with Gasteiger partial charge >= 0.3 is 0 Å². The molecule has 1 aromatic carbocycles. The number of amides is 1. The van der Waals surface area contributed by atoms with Crippen LogP contribution < -0.4 is 10.6 Å². The van der Waals surface area contributed by atoms with Crippen LogP contribution in [0.25, 0.3) is 0 Å². The lowest BCUT2D eigenvalue weighted by atomic mass is 10.0. The molecular weight excluding hydrogens is 207 g/mol. The fourth-order valence-corrected chi connectivity index (χ4v) is 1.86. The lowest BCUT2D eigenvalue weighted by molar-refractivity contribution is -0.118. The summed E-state index contributed by atoms with van der Waals surface area (Å²) in [6, 6.07) is 6.02. The standard InChI is InChI=1S/C12H15FN2O/c13-9-5-1-2-6-10(9)15-12(16)11-7-3-4-8-14-11/h1-2,5-6,11,14H,3-4,7-8H2,(H,15,16)/t11-/m1/s1. The molecule has 1 amide bonds. The van der Waals surface area contributed by atoms with E-state index in [0.717, 1.165) is 25.8 Å². The van der Waals surface area contributed by atoms with Crippen LogP contribution in [0.4, 0.5) is 10.1 Å². The Labute approximate surface area is 94.0 Å². The topological polar surface area (TPSA) is 41.1 Å². The minimum absolute atomic E-state index is 0.148. The Morgan fingerprint density at radius 3 is 2.88 bits per heavy atom. The number of nitrogens with one attached hydrogen (secondary N) is 2. The van der Waals surface area contributed by atoms with Crippen molar-refractivity contribution in [3.05, 3.63) is 30.1 Å². The maximum atomic E-state index is 13.3. The highest BCUT2D eigenvalue weighted by molar-refractivity contribution is 5.94. The Morgan fingerprint density at radius 1 is 1.38 bits per heavy atom. The average molecular weight is 222 g/mol. The zero-order valence-electron chi connectivity index (χ0n) is 9.00. The van der Waals surface area contributed by atoms with E-state index in [-0.39, 0.29) is 17.6 Å². The van der Waals surface area contributed by atoms with Gasteiger partial charge in [0.15, 0.2) is 0 Å². The van der Waals surface area contributed by atoms with Gasteiger partial charge in [0.2, 0.25) is 5.91 Å². The summed E-state index contributed by atoms with van der Waals surface area (Å²) in [5, 5.41) is 5.73. The Bertz CT molecular complexity index is 375. The Kier molecular flexibility index (Phi) is 3.51. The molecule has 0 bridgehead atoms. The lowest BCUT2D eigenvalue weighted by Crippen LogP contribution is -2.43. The van der Waals surface area contributed by atoms with E-state index >= 15 is 0 Å². The highest BCUT2D eigenvalue weighted by atomic mass is 19.1. The van der Waals surface area contributed by atoms with E-state index in [2.05, 4.69) is 10.6 Å². The second-order valence-electron chi connectivity index (χ2n) is 3.97. The van der Waals surface area contributed by atoms with E-state index in [1.54, 1.807) is 18.2 Å². The average Bonchev–Trinajstić information content (AvgIpc) is 2.33. The van der Waals surface area contributed by atoms with Crippen molar-refractivity contribution in [3.63, 3.8) is 0 Å². The normalized spacial score (nSPS) is 20.4. The molecule has 1 atom stereocenters. The first-order valence-corrected chi connectivity index (χ1v) is 5.56. The maximum absolute atomic E-state index is 13.3. The molecule has 1 aliphatic rings. The van der Waals surface area contributed by atoms with Gasteiger partial charge in [-0.2, -0.15) is 0 Å². The van der Waals surface area contributed by atoms with Crippen LogP contribution in [0.1, 0.15) is 19.3 Å². The molecule has 1 saturated heterocycles. The van der Waals surface area contributed by atoms with Crippen LogP contribution >= 0.6 is 0 Å². The third kappa shape index (κ3) is 2.58. The Balaban J connectivity index is 1.99. The van der Waals surface area contributed by atoms with E-state index in [9.17, 15) is 9.18 Å². The largest absolute Gasteiger partial charge is 0.322 e. The molecule has 0 radical (unpaired) electrons. The SMILES string of the molecule is O=C(Nc1ccccc1F)[C@H]1CCCCN1. The number of hydrogen-bond donors (Lipinski definition) is 2. The molecule has 3 nitrogen and oxygen atoms in total. The van der Waals surface area contributed by atoms with Gasteiger partial charge in [-0.25, -0.2) is 4.39 Å². The van der Waals surface area contributed by atoms with Crippen LogP contribution in [0, 0.1) is 5.82 Å². The summed E-state index contributed by atoms with van der Waals surface area (Å²) in [6.07, 6.45) is 2.96. The predicted octanol–water partition coefficient (Wildman–Crippen LogP) is 1.91. The first kappa shape index (κ1) is 11.1. The molecule has 4 heteroatoms. The first-order valence-electron chi connectivity index (χ1n) is 5.56. The lowest BCUT2D eigenvalue weighted by Gasteiger charge is -2.22. The number of piperidine rings is 1. The van der Waals surface area contributed by atoms with Crippen LogP contribution in [-0.4, -0.2) is 18.5 Å². The van der Waals surface area contributed by atoms with Gasteiger partial charge < -0.3 is 10.6 Å². The number of anilines is 1. The quantitative estimate of drug-likeness (QED) is 0.802. The minimum atomic E-state index is -0.397. The fraction of sp³-hybridized carbons (Fsp3) is 0.417. The van der Waals surface area contributed by atoms with Crippen LogP contribution in [0.2, 0.25) is 0 Å². The molecule has 16 heavy (non-hydrogen) atoms. The molecule has 0 saturated carbocycles. The van der Waals surface area contributed by atoms with Crippen LogP contribution in [-0.2, 0) is 4.79 Å². The summed E-state index contributed by atoms with van der Waals surface area (Å²) in [4.78, 5) is 11.8. The number of benzene rings is 1. The summed E-state index contributed by atoms with van der Waals surface area (Å²) < 4.78 is 13.3. The van der Waals surface area contributed by atoms with E-state index < -0.39 is 5.82 Å². The molecule has 2 rings (SSSR count). The summed E-state index contributed by atoms with van der Waals surface area (Å²) in [5.41, 5.74) is 0.250. The van der Waals surface area contributed by atoms with Crippen molar-refractivity contribution < 1.29 is 9.18 Å². The first-order chi connectivity index (χ1) is 7.77. The van der Waals surface area contributed by atoms with Gasteiger partial charge in [0.05, 0.1) is 11.7 Å². The van der Waals surface area contributed by atoms with Crippen molar-refractivity contribution in [1.82, 2.24) is 5.32 Å². The van der Waals surface area contributed by atoms with Gasteiger partial charge in [0.1, 0.15) is 5.82 Å². The van der Waals surface area contributed by atoms with Crippen molar-refractivity contribution in [2.45, 2.75) is 25.3 Å². The van der Waals surface area contributed by atoms with Crippen molar-refractivity contribution in [2.75, 3.05) is 11.9 Å². The second-order valence-corrected chi connectivity index (χ2v) is 3.97. The molecule has 0 spiro atoms. The summed E-state index contributed by atoms with van der Waals surface area (Å²) in [6.45, 7) is 0.857. The molecule has 1 aliphatic heterocycles. The molecule has 0 aromatic heterocycles.